The molecule has 2 aromatic heterocycles. The van der Waals surface area contributed by atoms with Crippen LogP contribution in [0.5, 0.6) is 0 Å². The number of fused-ring (bicyclic) bond motifs is 1. The summed E-state index contributed by atoms with van der Waals surface area (Å²) in [4.78, 5) is 21.2. The van der Waals surface area contributed by atoms with Crippen molar-refractivity contribution in [1.29, 1.82) is 0 Å². The monoisotopic (exact) mass is 344 g/mol. The van der Waals surface area contributed by atoms with Gasteiger partial charge >= 0.3 is 0 Å². The Morgan fingerprint density at radius 3 is 2.54 bits per heavy atom. The van der Waals surface area contributed by atoms with Crippen molar-refractivity contribution in [3.63, 3.8) is 0 Å². The number of likely N-dealkylation sites (N-methyl/N-ethyl adjacent to an activating group) is 1. The lowest BCUT2D eigenvalue weighted by atomic mass is 10.1. The highest BCUT2D eigenvalue weighted by Crippen LogP contribution is 2.33. The standard InChI is InChI=1S/C17H20N4O2S/c1-11-5-6-12(2)15-14(11)19-17(24-15)21(10-9-20(3)4)16(22)13-7-8-18-23-13/h5-8H,9-10H2,1-4H3. The number of nitrogens with zero attached hydrogens (tertiary/aromatic N) is 4. The van der Waals surface area contributed by atoms with Crippen LogP contribution in [0.15, 0.2) is 28.9 Å². The van der Waals surface area contributed by atoms with Gasteiger partial charge in [-0.25, -0.2) is 4.98 Å². The van der Waals surface area contributed by atoms with E-state index < -0.39 is 0 Å². The van der Waals surface area contributed by atoms with Gasteiger partial charge in [0, 0.05) is 19.2 Å². The fourth-order valence-corrected chi connectivity index (χ4v) is 3.54. The van der Waals surface area contributed by atoms with Gasteiger partial charge in [-0.15, -0.1) is 0 Å². The molecule has 3 aromatic rings. The molecule has 0 fully saturated rings. The highest BCUT2D eigenvalue weighted by Gasteiger charge is 2.24. The van der Waals surface area contributed by atoms with Crippen LogP contribution in [-0.2, 0) is 0 Å². The minimum absolute atomic E-state index is 0.219. The van der Waals surface area contributed by atoms with E-state index in [4.69, 9.17) is 9.51 Å². The van der Waals surface area contributed by atoms with Gasteiger partial charge < -0.3 is 9.42 Å². The van der Waals surface area contributed by atoms with Crippen LogP contribution in [0.1, 0.15) is 21.7 Å². The second-order valence-corrected chi connectivity index (χ2v) is 6.99. The average Bonchev–Trinajstić information content (AvgIpc) is 3.20. The summed E-state index contributed by atoms with van der Waals surface area (Å²) in [7, 11) is 3.95. The zero-order valence-corrected chi connectivity index (χ0v) is 15.1. The number of carbonyl (C=O) groups excluding carboxylic acids is 1. The second-order valence-electron chi connectivity index (χ2n) is 6.01. The first-order valence-corrected chi connectivity index (χ1v) is 8.53. The number of thiazole rings is 1. The maximum Gasteiger partial charge on any atom is 0.298 e. The van der Waals surface area contributed by atoms with Crippen molar-refractivity contribution < 1.29 is 9.32 Å². The topological polar surface area (TPSA) is 62.5 Å². The fourth-order valence-electron chi connectivity index (χ4n) is 2.41. The molecule has 3 rings (SSSR count). The number of anilines is 1. The number of hydrogen-bond donors (Lipinski definition) is 0. The van der Waals surface area contributed by atoms with Gasteiger partial charge in [-0.3, -0.25) is 9.69 Å². The minimum Gasteiger partial charge on any atom is -0.351 e. The Bertz CT molecular complexity index is 816. The number of rotatable bonds is 5. The van der Waals surface area contributed by atoms with Gasteiger partial charge in [0.1, 0.15) is 0 Å². The Balaban J connectivity index is 2.03. The van der Waals surface area contributed by atoms with E-state index >= 15 is 0 Å². The van der Waals surface area contributed by atoms with Gasteiger partial charge in [-0.2, -0.15) is 0 Å². The molecule has 0 unspecified atom stereocenters. The molecule has 2 heterocycles. The SMILES string of the molecule is Cc1ccc(C)c2sc(N(CCN(C)C)C(=O)c3ccno3)nc12. The van der Waals surface area contributed by atoms with Crippen molar-refractivity contribution in [3.05, 3.63) is 41.3 Å². The molecule has 0 radical (unpaired) electrons. The average molecular weight is 344 g/mol. The lowest BCUT2D eigenvalue weighted by Crippen LogP contribution is -2.36. The van der Waals surface area contributed by atoms with Crippen LogP contribution in [0.4, 0.5) is 5.13 Å². The number of amides is 1. The Labute approximate surface area is 144 Å². The molecule has 0 aliphatic heterocycles. The van der Waals surface area contributed by atoms with E-state index in [2.05, 4.69) is 24.2 Å². The van der Waals surface area contributed by atoms with E-state index in [1.54, 1.807) is 11.0 Å². The molecule has 24 heavy (non-hydrogen) atoms. The quantitative estimate of drug-likeness (QED) is 0.712. The van der Waals surface area contributed by atoms with Crippen LogP contribution in [0.2, 0.25) is 0 Å². The smallest absolute Gasteiger partial charge is 0.298 e. The van der Waals surface area contributed by atoms with Gasteiger partial charge in [-0.1, -0.05) is 28.6 Å². The summed E-state index contributed by atoms with van der Waals surface area (Å²) in [6.45, 7) is 5.36. The molecule has 0 bridgehead atoms. The molecule has 1 amide bonds. The third-order valence-corrected chi connectivity index (χ3v) is 5.04. The van der Waals surface area contributed by atoms with Gasteiger partial charge in [0.05, 0.1) is 16.4 Å². The lowest BCUT2D eigenvalue weighted by molar-refractivity contribution is 0.0949. The van der Waals surface area contributed by atoms with Gasteiger partial charge in [0.15, 0.2) is 5.13 Å². The molecule has 6 nitrogen and oxygen atoms in total. The van der Waals surface area contributed by atoms with Crippen LogP contribution in [0.25, 0.3) is 10.2 Å². The highest BCUT2D eigenvalue weighted by molar-refractivity contribution is 7.22. The van der Waals surface area contributed by atoms with Gasteiger partial charge in [0.25, 0.3) is 5.91 Å². The van der Waals surface area contributed by atoms with E-state index in [-0.39, 0.29) is 11.7 Å². The van der Waals surface area contributed by atoms with E-state index in [0.717, 1.165) is 22.3 Å². The molecule has 1 aromatic carbocycles. The predicted molar refractivity (Wildman–Crippen MR) is 95.8 cm³/mol. The highest BCUT2D eigenvalue weighted by atomic mass is 32.1. The molecule has 0 N–H and O–H groups in total. The Morgan fingerprint density at radius 1 is 1.17 bits per heavy atom. The molecule has 0 saturated heterocycles. The number of aromatic nitrogens is 2. The summed E-state index contributed by atoms with van der Waals surface area (Å²) < 4.78 is 6.16. The number of aryl methyl sites for hydroxylation is 2. The molecule has 0 aliphatic rings. The van der Waals surface area contributed by atoms with E-state index in [9.17, 15) is 4.79 Å². The van der Waals surface area contributed by atoms with Crippen molar-refractivity contribution >= 4 is 32.6 Å². The summed E-state index contributed by atoms with van der Waals surface area (Å²) in [5.74, 6) is 0.00479. The Morgan fingerprint density at radius 2 is 1.92 bits per heavy atom. The molecule has 0 saturated carbocycles. The van der Waals surface area contributed by atoms with Crippen molar-refractivity contribution in [1.82, 2.24) is 15.0 Å². The van der Waals surface area contributed by atoms with Crippen LogP contribution in [0, 0.1) is 13.8 Å². The zero-order valence-electron chi connectivity index (χ0n) is 14.2. The van der Waals surface area contributed by atoms with Gasteiger partial charge in [0.2, 0.25) is 5.76 Å². The maximum absolute atomic E-state index is 12.8. The number of benzene rings is 1. The lowest BCUT2D eigenvalue weighted by Gasteiger charge is -2.20. The number of carbonyl (C=O) groups is 1. The van der Waals surface area contributed by atoms with E-state index in [1.165, 1.54) is 23.1 Å². The molecule has 126 valence electrons. The first-order chi connectivity index (χ1) is 11.5. The van der Waals surface area contributed by atoms with Crippen LogP contribution in [0.3, 0.4) is 0 Å². The summed E-state index contributed by atoms with van der Waals surface area (Å²) >= 11 is 1.54. The molecular weight excluding hydrogens is 324 g/mol. The van der Waals surface area contributed by atoms with Crippen molar-refractivity contribution in [3.8, 4) is 0 Å². The molecular formula is C17H20N4O2S. The van der Waals surface area contributed by atoms with Crippen molar-refractivity contribution in [2.45, 2.75) is 13.8 Å². The Hall–Kier alpha value is -2.25. The zero-order chi connectivity index (χ0) is 17.3. The Kier molecular flexibility index (Phi) is 4.64. The maximum atomic E-state index is 12.8. The normalized spacial score (nSPS) is 11.4. The first kappa shape index (κ1) is 16.6. The molecule has 7 heteroatoms. The van der Waals surface area contributed by atoms with Crippen LogP contribution in [-0.4, -0.2) is 48.1 Å². The summed E-state index contributed by atoms with van der Waals surface area (Å²) in [6, 6.07) is 5.72. The second kappa shape index (κ2) is 6.70. The van der Waals surface area contributed by atoms with E-state index in [0.29, 0.717) is 11.7 Å². The largest absolute Gasteiger partial charge is 0.351 e. The van der Waals surface area contributed by atoms with Crippen LogP contribution >= 0.6 is 11.3 Å². The van der Waals surface area contributed by atoms with Crippen molar-refractivity contribution in [2.24, 2.45) is 0 Å². The summed E-state index contributed by atoms with van der Waals surface area (Å²) in [5.41, 5.74) is 3.23. The molecule has 0 atom stereocenters. The third kappa shape index (κ3) is 3.18. The van der Waals surface area contributed by atoms with Crippen LogP contribution < -0.4 is 4.90 Å². The summed E-state index contributed by atoms with van der Waals surface area (Å²) in [5, 5.41) is 4.32. The minimum atomic E-state index is -0.219. The fraction of sp³-hybridized carbons (Fsp3) is 0.353. The van der Waals surface area contributed by atoms with Gasteiger partial charge in [-0.05, 0) is 39.1 Å². The predicted octanol–water partition coefficient (Wildman–Crippen LogP) is 3.11. The van der Waals surface area contributed by atoms with E-state index in [1.807, 2.05) is 25.9 Å². The third-order valence-electron chi connectivity index (χ3n) is 3.83. The summed E-state index contributed by atoms with van der Waals surface area (Å²) in [6.07, 6.45) is 1.48. The number of hydrogen-bond acceptors (Lipinski definition) is 6. The molecule has 0 aliphatic carbocycles. The first-order valence-electron chi connectivity index (χ1n) is 7.71. The van der Waals surface area contributed by atoms with Crippen molar-refractivity contribution in [2.75, 3.05) is 32.1 Å². The molecule has 0 spiro atoms.